The van der Waals surface area contributed by atoms with Crippen LogP contribution in [-0.2, 0) is 0 Å². The van der Waals surface area contributed by atoms with Crippen molar-refractivity contribution in [1.29, 1.82) is 0 Å². The second kappa shape index (κ2) is 5.05. The van der Waals surface area contributed by atoms with Gasteiger partial charge in [-0.25, -0.2) is 0 Å². The van der Waals surface area contributed by atoms with Crippen molar-refractivity contribution in [3.63, 3.8) is 0 Å². The second-order valence-corrected chi connectivity index (χ2v) is 4.44. The molecule has 0 saturated heterocycles. The van der Waals surface area contributed by atoms with Crippen LogP contribution >= 0.6 is 11.3 Å². The van der Waals surface area contributed by atoms with Gasteiger partial charge < -0.3 is 5.73 Å². The highest BCUT2D eigenvalue weighted by atomic mass is 32.1. The van der Waals surface area contributed by atoms with E-state index in [9.17, 15) is 4.79 Å². The average molecular weight is 231 g/mol. The number of hydrogen-bond acceptors (Lipinski definition) is 3. The molecule has 0 aliphatic carbocycles. The van der Waals surface area contributed by atoms with Crippen molar-refractivity contribution in [2.75, 3.05) is 0 Å². The maximum absolute atomic E-state index is 11.8. The zero-order valence-electron chi connectivity index (χ0n) is 8.80. The molecule has 1 aromatic heterocycles. The summed E-state index contributed by atoms with van der Waals surface area (Å²) in [7, 11) is 0. The predicted molar refractivity (Wildman–Crippen MR) is 66.6 cm³/mol. The lowest BCUT2D eigenvalue weighted by Gasteiger charge is -2.10. The molecule has 3 heteroatoms. The summed E-state index contributed by atoms with van der Waals surface area (Å²) in [5.41, 5.74) is 7.75. The van der Waals surface area contributed by atoms with E-state index in [1.54, 1.807) is 0 Å². The SMILES string of the molecule is NC(CC(=O)c1ccsc1)c1ccccc1. The van der Waals surface area contributed by atoms with Crippen molar-refractivity contribution in [3.8, 4) is 0 Å². The number of hydrogen-bond donors (Lipinski definition) is 1. The summed E-state index contributed by atoms with van der Waals surface area (Å²) in [5, 5.41) is 3.77. The molecule has 0 aliphatic heterocycles. The van der Waals surface area contributed by atoms with Crippen LogP contribution < -0.4 is 5.73 Å². The third-order valence-electron chi connectivity index (χ3n) is 2.48. The van der Waals surface area contributed by atoms with Crippen LogP contribution in [0.3, 0.4) is 0 Å². The number of benzene rings is 1. The first-order valence-electron chi connectivity index (χ1n) is 5.13. The first-order valence-corrected chi connectivity index (χ1v) is 6.07. The topological polar surface area (TPSA) is 43.1 Å². The van der Waals surface area contributed by atoms with Crippen molar-refractivity contribution in [2.45, 2.75) is 12.5 Å². The van der Waals surface area contributed by atoms with E-state index < -0.39 is 0 Å². The Hall–Kier alpha value is -1.45. The van der Waals surface area contributed by atoms with Crippen LogP contribution in [0.5, 0.6) is 0 Å². The van der Waals surface area contributed by atoms with Crippen LogP contribution in [0, 0.1) is 0 Å². The molecule has 0 bridgehead atoms. The molecule has 2 aromatic rings. The standard InChI is InChI=1S/C13H13NOS/c14-12(10-4-2-1-3-5-10)8-13(15)11-6-7-16-9-11/h1-7,9,12H,8,14H2. The number of carbonyl (C=O) groups is 1. The van der Waals surface area contributed by atoms with Crippen LogP contribution in [0.2, 0.25) is 0 Å². The van der Waals surface area contributed by atoms with Crippen LogP contribution in [0.4, 0.5) is 0 Å². The number of Topliss-reactive ketones (excluding diaryl/α,β-unsaturated/α-hetero) is 1. The molecular weight excluding hydrogens is 218 g/mol. The fourth-order valence-electron chi connectivity index (χ4n) is 1.56. The van der Waals surface area contributed by atoms with Crippen molar-refractivity contribution in [2.24, 2.45) is 5.73 Å². The molecule has 0 fully saturated rings. The number of nitrogens with two attached hydrogens (primary N) is 1. The Labute approximate surface area is 98.7 Å². The average Bonchev–Trinajstić information content (AvgIpc) is 2.83. The first-order chi connectivity index (χ1) is 7.77. The van der Waals surface area contributed by atoms with E-state index in [0.717, 1.165) is 11.1 Å². The van der Waals surface area contributed by atoms with Gasteiger partial charge in [-0.2, -0.15) is 11.3 Å². The van der Waals surface area contributed by atoms with Crippen molar-refractivity contribution < 1.29 is 4.79 Å². The van der Waals surface area contributed by atoms with Crippen LogP contribution in [0.15, 0.2) is 47.2 Å². The summed E-state index contributed by atoms with van der Waals surface area (Å²) >= 11 is 1.53. The van der Waals surface area contributed by atoms with Gasteiger partial charge in [0.2, 0.25) is 0 Å². The lowest BCUT2D eigenvalue weighted by Crippen LogP contribution is -2.15. The molecule has 16 heavy (non-hydrogen) atoms. The van der Waals surface area contributed by atoms with Gasteiger partial charge in [0, 0.05) is 23.4 Å². The zero-order valence-corrected chi connectivity index (χ0v) is 9.61. The monoisotopic (exact) mass is 231 g/mol. The molecule has 82 valence electrons. The predicted octanol–water partition coefficient (Wildman–Crippen LogP) is 3.02. The molecular formula is C13H13NOS. The quantitative estimate of drug-likeness (QED) is 0.822. The van der Waals surface area contributed by atoms with Crippen LogP contribution in [-0.4, -0.2) is 5.78 Å². The molecule has 0 saturated carbocycles. The number of carbonyl (C=O) groups excluding carboxylic acids is 1. The van der Waals surface area contributed by atoms with Gasteiger partial charge in [0.05, 0.1) is 0 Å². The smallest absolute Gasteiger partial charge is 0.165 e. The molecule has 1 unspecified atom stereocenters. The molecule has 0 spiro atoms. The molecule has 0 aliphatic rings. The summed E-state index contributed by atoms with van der Waals surface area (Å²) in [6.45, 7) is 0. The third-order valence-corrected chi connectivity index (χ3v) is 3.16. The Bertz CT molecular complexity index is 450. The highest BCUT2D eigenvalue weighted by molar-refractivity contribution is 7.08. The first kappa shape index (κ1) is 11.0. The van der Waals surface area contributed by atoms with Gasteiger partial charge >= 0.3 is 0 Å². The highest BCUT2D eigenvalue weighted by Gasteiger charge is 2.13. The molecule has 0 amide bonds. The maximum Gasteiger partial charge on any atom is 0.165 e. The van der Waals surface area contributed by atoms with Gasteiger partial charge in [0.25, 0.3) is 0 Å². The van der Waals surface area contributed by atoms with E-state index in [2.05, 4.69) is 0 Å². The Morgan fingerprint density at radius 1 is 1.25 bits per heavy atom. The number of ketones is 1. The van der Waals surface area contributed by atoms with Crippen molar-refractivity contribution >= 4 is 17.1 Å². The summed E-state index contributed by atoms with van der Waals surface area (Å²) < 4.78 is 0. The number of thiophene rings is 1. The van der Waals surface area contributed by atoms with Gasteiger partial charge in [-0.1, -0.05) is 30.3 Å². The summed E-state index contributed by atoms with van der Waals surface area (Å²) in [6, 6.07) is 11.3. The summed E-state index contributed by atoms with van der Waals surface area (Å²) in [5.74, 6) is 0.109. The lowest BCUT2D eigenvalue weighted by atomic mass is 10.0. The van der Waals surface area contributed by atoms with E-state index in [1.165, 1.54) is 11.3 Å². The Morgan fingerprint density at radius 3 is 2.62 bits per heavy atom. The normalized spacial score (nSPS) is 12.3. The van der Waals surface area contributed by atoms with E-state index >= 15 is 0 Å². The van der Waals surface area contributed by atoms with E-state index in [0.29, 0.717) is 6.42 Å². The van der Waals surface area contributed by atoms with Crippen molar-refractivity contribution in [3.05, 3.63) is 58.3 Å². The van der Waals surface area contributed by atoms with E-state index in [4.69, 9.17) is 5.73 Å². The van der Waals surface area contributed by atoms with Gasteiger partial charge in [-0.3, -0.25) is 4.79 Å². The van der Waals surface area contributed by atoms with Gasteiger partial charge in [-0.05, 0) is 17.0 Å². The summed E-state index contributed by atoms with van der Waals surface area (Å²) in [4.78, 5) is 11.8. The fourth-order valence-corrected chi connectivity index (χ4v) is 2.22. The fraction of sp³-hybridized carbons (Fsp3) is 0.154. The van der Waals surface area contributed by atoms with E-state index in [-0.39, 0.29) is 11.8 Å². The minimum absolute atomic E-state index is 0.109. The molecule has 1 atom stereocenters. The van der Waals surface area contributed by atoms with Gasteiger partial charge in [-0.15, -0.1) is 0 Å². The maximum atomic E-state index is 11.8. The lowest BCUT2D eigenvalue weighted by molar-refractivity contribution is 0.0975. The highest BCUT2D eigenvalue weighted by Crippen LogP contribution is 2.17. The van der Waals surface area contributed by atoms with Crippen molar-refractivity contribution in [1.82, 2.24) is 0 Å². The largest absolute Gasteiger partial charge is 0.324 e. The molecule has 0 radical (unpaired) electrons. The Kier molecular flexibility index (Phi) is 3.49. The second-order valence-electron chi connectivity index (χ2n) is 3.66. The zero-order chi connectivity index (χ0) is 11.4. The summed E-state index contributed by atoms with van der Waals surface area (Å²) in [6.07, 6.45) is 0.362. The molecule has 1 aromatic carbocycles. The van der Waals surface area contributed by atoms with E-state index in [1.807, 2.05) is 47.2 Å². The number of rotatable bonds is 4. The molecule has 2 N–H and O–H groups in total. The molecule has 1 heterocycles. The third kappa shape index (κ3) is 2.56. The Balaban J connectivity index is 2.03. The minimum Gasteiger partial charge on any atom is -0.324 e. The van der Waals surface area contributed by atoms with Gasteiger partial charge in [0.1, 0.15) is 0 Å². The van der Waals surface area contributed by atoms with Crippen LogP contribution in [0.25, 0.3) is 0 Å². The Morgan fingerprint density at radius 2 is 2.00 bits per heavy atom. The molecule has 2 nitrogen and oxygen atoms in total. The molecule has 2 rings (SSSR count). The minimum atomic E-state index is -0.214. The van der Waals surface area contributed by atoms with Crippen LogP contribution in [0.1, 0.15) is 28.4 Å². The van der Waals surface area contributed by atoms with Gasteiger partial charge in [0.15, 0.2) is 5.78 Å².